The van der Waals surface area contributed by atoms with Gasteiger partial charge in [0.2, 0.25) is 0 Å². The molecule has 0 saturated heterocycles. The minimum atomic E-state index is 1.07. The quantitative estimate of drug-likeness (QED) is 0.236. The highest BCUT2D eigenvalue weighted by molar-refractivity contribution is 9.11. The maximum absolute atomic E-state index is 3.88. The molecule has 172 valence electrons. The molecule has 3 aromatic carbocycles. The third kappa shape index (κ3) is 5.84. The molecule has 34 heavy (non-hydrogen) atoms. The van der Waals surface area contributed by atoms with E-state index in [1.54, 1.807) is 0 Å². The van der Waals surface area contributed by atoms with Gasteiger partial charge in [0.25, 0.3) is 0 Å². The highest BCUT2D eigenvalue weighted by Gasteiger charge is 2.16. The molecule has 0 N–H and O–H groups in total. The Morgan fingerprint density at radius 3 is 1.21 bits per heavy atom. The summed E-state index contributed by atoms with van der Waals surface area (Å²) in [6, 6.07) is 13.4. The normalized spacial score (nSPS) is 12.2. The van der Waals surface area contributed by atoms with Gasteiger partial charge in [-0.1, -0.05) is 108 Å². The SMILES string of the molecule is Bc1cc(-c2cc(/C=C/C)c(/C=C/C)cc2Br)c(Br)cc1-c1cc(/C=C/C)c(/C=C/C)cc1Br. The van der Waals surface area contributed by atoms with Gasteiger partial charge in [-0.25, -0.2) is 0 Å². The number of hydrogen-bond donors (Lipinski definition) is 0. The first-order valence-corrected chi connectivity index (χ1v) is 13.7. The number of rotatable bonds is 6. The standard InChI is InChI=1S/C30H28BBr3/c1-5-9-19-13-24(28(32)15-21(19)11-7-3)23-18-30(34)26(17-27(23)31)25-14-20(10-6-2)22(12-8-4)16-29(25)33/h5-18H,31H2,1-4H3/b9-5+,10-6+,11-7+,12-8+. The van der Waals surface area contributed by atoms with Gasteiger partial charge in [-0.2, -0.15) is 0 Å². The second kappa shape index (κ2) is 12.2. The van der Waals surface area contributed by atoms with Gasteiger partial charge in [0, 0.05) is 13.4 Å². The lowest BCUT2D eigenvalue weighted by molar-refractivity contribution is 1.51. The zero-order chi connectivity index (χ0) is 24.8. The second-order valence-electron chi connectivity index (χ2n) is 8.07. The highest BCUT2D eigenvalue weighted by Crippen LogP contribution is 2.39. The zero-order valence-corrected chi connectivity index (χ0v) is 25.0. The van der Waals surface area contributed by atoms with Crippen molar-refractivity contribution in [2.75, 3.05) is 0 Å². The second-order valence-corrected chi connectivity index (χ2v) is 10.6. The molecule has 0 heterocycles. The molecule has 0 aromatic heterocycles. The van der Waals surface area contributed by atoms with Gasteiger partial charge in [0.1, 0.15) is 7.85 Å². The van der Waals surface area contributed by atoms with Gasteiger partial charge in [-0.3, -0.25) is 0 Å². The van der Waals surface area contributed by atoms with E-state index < -0.39 is 0 Å². The summed E-state index contributed by atoms with van der Waals surface area (Å²) in [7, 11) is 2.18. The van der Waals surface area contributed by atoms with Gasteiger partial charge in [-0.15, -0.1) is 0 Å². The third-order valence-electron chi connectivity index (χ3n) is 5.62. The van der Waals surface area contributed by atoms with Crippen LogP contribution in [0.1, 0.15) is 49.9 Å². The molecular weight excluding hydrogens is 611 g/mol. The highest BCUT2D eigenvalue weighted by atomic mass is 79.9. The van der Waals surface area contributed by atoms with Crippen LogP contribution in [0.4, 0.5) is 0 Å². The summed E-state index contributed by atoms with van der Waals surface area (Å²) in [6.45, 7) is 8.20. The van der Waals surface area contributed by atoms with Crippen molar-refractivity contribution in [3.05, 3.63) is 96.4 Å². The Labute approximate surface area is 230 Å². The van der Waals surface area contributed by atoms with E-state index >= 15 is 0 Å². The maximum atomic E-state index is 3.88. The molecule has 0 unspecified atom stereocenters. The average Bonchev–Trinajstić information content (AvgIpc) is 2.79. The topological polar surface area (TPSA) is 0 Å². The Kier molecular flexibility index (Phi) is 9.59. The number of allylic oxidation sites excluding steroid dienone is 4. The minimum absolute atomic E-state index is 1.07. The van der Waals surface area contributed by atoms with Crippen molar-refractivity contribution in [3.8, 4) is 22.3 Å². The summed E-state index contributed by atoms with van der Waals surface area (Å²) in [5.74, 6) is 0. The molecule has 0 saturated carbocycles. The maximum Gasteiger partial charge on any atom is 0.140 e. The molecule has 0 amide bonds. The molecule has 4 heteroatoms. The van der Waals surface area contributed by atoms with Crippen molar-refractivity contribution in [3.63, 3.8) is 0 Å². The fraction of sp³-hybridized carbons (Fsp3) is 0.133. The Hall–Kier alpha value is -1.88. The van der Waals surface area contributed by atoms with Crippen molar-refractivity contribution in [1.29, 1.82) is 0 Å². The minimum Gasteiger partial charge on any atom is -0.0870 e. The Balaban J connectivity index is 2.20. The molecule has 0 bridgehead atoms. The van der Waals surface area contributed by atoms with Gasteiger partial charge in [-0.05, 0) is 103 Å². The van der Waals surface area contributed by atoms with Crippen LogP contribution in [0.3, 0.4) is 0 Å². The lowest BCUT2D eigenvalue weighted by Gasteiger charge is -2.17. The van der Waals surface area contributed by atoms with E-state index in [2.05, 4.69) is 154 Å². The predicted molar refractivity (Wildman–Crippen MR) is 167 cm³/mol. The molecular formula is C30H28BBr3. The van der Waals surface area contributed by atoms with Gasteiger partial charge in [0.05, 0.1) is 0 Å². The molecule has 0 fully saturated rings. The lowest BCUT2D eigenvalue weighted by Crippen LogP contribution is -2.08. The Morgan fingerprint density at radius 2 is 0.794 bits per heavy atom. The molecule has 0 aliphatic rings. The van der Waals surface area contributed by atoms with Crippen LogP contribution in [-0.2, 0) is 0 Å². The summed E-state index contributed by atoms with van der Waals surface area (Å²) >= 11 is 11.5. The van der Waals surface area contributed by atoms with Crippen LogP contribution in [-0.4, -0.2) is 7.85 Å². The summed E-state index contributed by atoms with van der Waals surface area (Å²) in [6.07, 6.45) is 16.9. The van der Waals surface area contributed by atoms with Crippen molar-refractivity contribution >= 4 is 85.4 Å². The summed E-state index contributed by atoms with van der Waals surface area (Å²) in [4.78, 5) is 0. The van der Waals surface area contributed by atoms with Gasteiger partial charge in [0.15, 0.2) is 0 Å². The van der Waals surface area contributed by atoms with E-state index in [0.717, 1.165) is 13.4 Å². The Morgan fingerprint density at radius 1 is 0.471 bits per heavy atom. The number of hydrogen-bond acceptors (Lipinski definition) is 0. The summed E-state index contributed by atoms with van der Waals surface area (Å²) < 4.78 is 3.23. The average molecular weight is 639 g/mol. The van der Waals surface area contributed by atoms with E-state index in [1.807, 2.05) is 13.8 Å². The van der Waals surface area contributed by atoms with Crippen LogP contribution in [0.15, 0.2) is 74.1 Å². The van der Waals surface area contributed by atoms with Gasteiger partial charge >= 0.3 is 0 Å². The predicted octanol–water partition coefficient (Wildman–Crippen LogP) is 9.70. The van der Waals surface area contributed by atoms with E-state index in [0.29, 0.717) is 0 Å². The lowest BCUT2D eigenvalue weighted by atomic mass is 9.83. The smallest absolute Gasteiger partial charge is 0.0870 e. The Bertz CT molecular complexity index is 1220. The summed E-state index contributed by atoms with van der Waals surface area (Å²) in [5, 5.41) is 0. The van der Waals surface area contributed by atoms with Crippen LogP contribution in [0.2, 0.25) is 0 Å². The molecule has 0 spiro atoms. The van der Waals surface area contributed by atoms with Crippen LogP contribution in [0.25, 0.3) is 46.6 Å². The zero-order valence-electron chi connectivity index (χ0n) is 20.2. The molecule has 0 atom stereocenters. The van der Waals surface area contributed by atoms with Crippen LogP contribution in [0.5, 0.6) is 0 Å². The molecule has 3 rings (SSSR count). The summed E-state index contributed by atoms with van der Waals surface area (Å²) in [5.41, 5.74) is 10.7. The molecule has 3 aromatic rings. The van der Waals surface area contributed by atoms with Crippen LogP contribution >= 0.6 is 47.8 Å². The van der Waals surface area contributed by atoms with Crippen LogP contribution < -0.4 is 5.46 Å². The monoisotopic (exact) mass is 636 g/mol. The molecule has 0 aliphatic heterocycles. The largest absolute Gasteiger partial charge is 0.140 e. The van der Waals surface area contributed by atoms with Crippen LogP contribution in [0, 0.1) is 0 Å². The van der Waals surface area contributed by atoms with Crippen molar-refractivity contribution in [1.82, 2.24) is 0 Å². The molecule has 0 radical (unpaired) electrons. The van der Waals surface area contributed by atoms with E-state index in [9.17, 15) is 0 Å². The first-order valence-electron chi connectivity index (χ1n) is 11.3. The molecule has 0 aliphatic carbocycles. The van der Waals surface area contributed by atoms with Crippen molar-refractivity contribution in [2.45, 2.75) is 27.7 Å². The third-order valence-corrected chi connectivity index (χ3v) is 7.59. The first kappa shape index (κ1) is 26.7. The van der Waals surface area contributed by atoms with E-state index in [4.69, 9.17) is 0 Å². The van der Waals surface area contributed by atoms with Crippen molar-refractivity contribution < 1.29 is 0 Å². The fourth-order valence-electron chi connectivity index (χ4n) is 4.10. The first-order chi connectivity index (χ1) is 16.3. The number of benzene rings is 3. The van der Waals surface area contributed by atoms with E-state index in [1.165, 1.54) is 50.0 Å². The van der Waals surface area contributed by atoms with Gasteiger partial charge < -0.3 is 0 Å². The van der Waals surface area contributed by atoms with E-state index in [-0.39, 0.29) is 0 Å². The fourth-order valence-corrected chi connectivity index (χ4v) is 5.80. The molecule has 0 nitrogen and oxygen atoms in total. The van der Waals surface area contributed by atoms with Crippen molar-refractivity contribution in [2.24, 2.45) is 0 Å². The number of halogens is 3.